The van der Waals surface area contributed by atoms with Crippen LogP contribution in [0.15, 0.2) is 12.1 Å². The van der Waals surface area contributed by atoms with E-state index in [-0.39, 0.29) is 5.56 Å². The third-order valence-electron chi connectivity index (χ3n) is 1.25. The van der Waals surface area contributed by atoms with Gasteiger partial charge in [-0.15, -0.1) is 0 Å². The van der Waals surface area contributed by atoms with E-state index in [2.05, 4.69) is 0 Å². The first-order chi connectivity index (χ1) is 4.61. The summed E-state index contributed by atoms with van der Waals surface area (Å²) in [7, 11) is 0. The molecule has 1 aromatic carbocycles. The molecule has 0 radical (unpaired) electrons. The molecule has 3 heteroatoms. The third-order valence-corrected chi connectivity index (χ3v) is 1.25. The number of hydrogen-bond acceptors (Lipinski definition) is 0. The van der Waals surface area contributed by atoms with Gasteiger partial charge in [0.2, 0.25) is 0 Å². The molecular formula is C7H5F3. The molecule has 0 atom stereocenters. The van der Waals surface area contributed by atoms with Crippen LogP contribution in [-0.2, 0) is 0 Å². The van der Waals surface area contributed by atoms with Gasteiger partial charge in [-0.2, -0.15) is 0 Å². The van der Waals surface area contributed by atoms with Crippen LogP contribution >= 0.6 is 0 Å². The molecule has 0 bridgehead atoms. The number of rotatable bonds is 0. The van der Waals surface area contributed by atoms with Crippen LogP contribution in [0, 0.1) is 24.4 Å². The van der Waals surface area contributed by atoms with Gasteiger partial charge in [0.1, 0.15) is 17.5 Å². The Kier molecular flexibility index (Phi) is 1.66. The molecule has 0 heterocycles. The highest BCUT2D eigenvalue weighted by atomic mass is 19.1. The summed E-state index contributed by atoms with van der Waals surface area (Å²) in [6, 6.07) is 1.30. The Labute approximate surface area is 56.3 Å². The van der Waals surface area contributed by atoms with Crippen LogP contribution in [-0.4, -0.2) is 0 Å². The summed E-state index contributed by atoms with van der Waals surface area (Å²) in [5, 5.41) is 0. The highest BCUT2D eigenvalue weighted by molar-refractivity contribution is 5.18. The molecule has 54 valence electrons. The van der Waals surface area contributed by atoms with E-state index in [4.69, 9.17) is 0 Å². The topological polar surface area (TPSA) is 0 Å². The van der Waals surface area contributed by atoms with Gasteiger partial charge in [-0.3, -0.25) is 0 Å². The lowest BCUT2D eigenvalue weighted by molar-refractivity contribution is 0.532. The summed E-state index contributed by atoms with van der Waals surface area (Å²) < 4.78 is 36.8. The maximum atomic E-state index is 12.4. The van der Waals surface area contributed by atoms with Crippen LogP contribution < -0.4 is 0 Å². The lowest BCUT2D eigenvalue weighted by Crippen LogP contribution is -1.89. The van der Waals surface area contributed by atoms with E-state index in [9.17, 15) is 13.2 Å². The first kappa shape index (κ1) is 7.12. The molecule has 0 fully saturated rings. The summed E-state index contributed by atoms with van der Waals surface area (Å²) in [6.07, 6.45) is 0. The van der Waals surface area contributed by atoms with Crippen molar-refractivity contribution in [3.05, 3.63) is 35.1 Å². The quantitative estimate of drug-likeness (QED) is 0.527. The number of hydrogen-bond donors (Lipinski definition) is 0. The van der Waals surface area contributed by atoms with Gasteiger partial charge in [0.05, 0.1) is 0 Å². The third kappa shape index (κ3) is 1.12. The standard InChI is InChI=1S/C7H5F3/c1-4-6(9)2-5(8)3-7(4)10/h2-3H,1H3. The Morgan fingerprint density at radius 2 is 1.40 bits per heavy atom. The van der Waals surface area contributed by atoms with Gasteiger partial charge in [-0.25, -0.2) is 13.2 Å². The fourth-order valence-electron chi connectivity index (χ4n) is 0.614. The maximum absolute atomic E-state index is 12.4. The summed E-state index contributed by atoms with van der Waals surface area (Å²) >= 11 is 0. The van der Waals surface area contributed by atoms with E-state index in [1.807, 2.05) is 0 Å². The molecule has 0 saturated carbocycles. The van der Waals surface area contributed by atoms with Crippen LogP contribution in [0.2, 0.25) is 0 Å². The molecule has 0 aliphatic carbocycles. The van der Waals surface area contributed by atoms with E-state index in [1.165, 1.54) is 6.92 Å². The SMILES string of the molecule is Cc1c(F)cc(F)cc1F. The van der Waals surface area contributed by atoms with Gasteiger partial charge in [0.15, 0.2) is 0 Å². The minimum absolute atomic E-state index is 0.151. The Balaban J connectivity index is 3.31. The van der Waals surface area contributed by atoms with E-state index in [0.29, 0.717) is 12.1 Å². The van der Waals surface area contributed by atoms with E-state index in [0.717, 1.165) is 0 Å². The highest BCUT2D eigenvalue weighted by Gasteiger charge is 2.05. The Bertz CT molecular complexity index is 232. The summed E-state index contributed by atoms with van der Waals surface area (Å²) in [4.78, 5) is 0. The van der Waals surface area contributed by atoms with Gasteiger partial charge in [-0.05, 0) is 6.92 Å². The van der Waals surface area contributed by atoms with Crippen LogP contribution in [0.3, 0.4) is 0 Å². The zero-order valence-electron chi connectivity index (χ0n) is 5.29. The molecule has 0 nitrogen and oxygen atoms in total. The first-order valence-electron chi connectivity index (χ1n) is 2.72. The van der Waals surface area contributed by atoms with Crippen molar-refractivity contribution in [1.29, 1.82) is 0 Å². The largest absolute Gasteiger partial charge is 0.207 e. The molecule has 1 rings (SSSR count). The van der Waals surface area contributed by atoms with E-state index >= 15 is 0 Å². The van der Waals surface area contributed by atoms with Crippen molar-refractivity contribution < 1.29 is 13.2 Å². The normalized spacial score (nSPS) is 10.0. The van der Waals surface area contributed by atoms with Crippen molar-refractivity contribution in [2.24, 2.45) is 0 Å². The molecule has 0 aliphatic rings. The number of halogens is 3. The Morgan fingerprint density at radius 1 is 1.00 bits per heavy atom. The second kappa shape index (κ2) is 2.33. The minimum atomic E-state index is -0.888. The lowest BCUT2D eigenvalue weighted by atomic mass is 10.2. The second-order valence-electron chi connectivity index (χ2n) is 1.99. The fraction of sp³-hybridized carbons (Fsp3) is 0.143. The molecular weight excluding hydrogens is 141 g/mol. The lowest BCUT2D eigenvalue weighted by Gasteiger charge is -1.96. The molecule has 0 unspecified atom stereocenters. The predicted molar refractivity (Wildman–Crippen MR) is 31.1 cm³/mol. The second-order valence-corrected chi connectivity index (χ2v) is 1.99. The maximum Gasteiger partial charge on any atom is 0.131 e. The van der Waals surface area contributed by atoms with Gasteiger partial charge in [0.25, 0.3) is 0 Å². The van der Waals surface area contributed by atoms with Crippen LogP contribution in [0.1, 0.15) is 5.56 Å². The van der Waals surface area contributed by atoms with E-state index in [1.54, 1.807) is 0 Å². The minimum Gasteiger partial charge on any atom is -0.207 e. The predicted octanol–water partition coefficient (Wildman–Crippen LogP) is 2.41. The van der Waals surface area contributed by atoms with Crippen LogP contribution in [0.4, 0.5) is 13.2 Å². The summed E-state index contributed by atoms with van der Waals surface area (Å²) in [5.74, 6) is -2.59. The average Bonchev–Trinajstić information content (AvgIpc) is 1.82. The van der Waals surface area contributed by atoms with Crippen molar-refractivity contribution in [2.45, 2.75) is 6.92 Å². The van der Waals surface area contributed by atoms with Crippen molar-refractivity contribution in [1.82, 2.24) is 0 Å². The molecule has 0 amide bonds. The summed E-state index contributed by atoms with van der Waals surface area (Å²) in [6.45, 7) is 1.25. The van der Waals surface area contributed by atoms with Gasteiger partial charge >= 0.3 is 0 Å². The molecule has 0 N–H and O–H groups in total. The van der Waals surface area contributed by atoms with Gasteiger partial charge in [0, 0.05) is 17.7 Å². The molecule has 1 aromatic rings. The molecule has 0 aliphatic heterocycles. The number of benzene rings is 1. The van der Waals surface area contributed by atoms with Crippen LogP contribution in [0.5, 0.6) is 0 Å². The smallest absolute Gasteiger partial charge is 0.131 e. The molecule has 0 spiro atoms. The summed E-state index contributed by atoms with van der Waals surface area (Å²) in [5.41, 5.74) is -0.151. The molecule has 10 heavy (non-hydrogen) atoms. The van der Waals surface area contributed by atoms with Crippen molar-refractivity contribution in [3.8, 4) is 0 Å². The highest BCUT2D eigenvalue weighted by Crippen LogP contribution is 2.12. The van der Waals surface area contributed by atoms with Crippen molar-refractivity contribution in [2.75, 3.05) is 0 Å². The van der Waals surface area contributed by atoms with Crippen LogP contribution in [0.25, 0.3) is 0 Å². The zero-order chi connectivity index (χ0) is 7.72. The van der Waals surface area contributed by atoms with Gasteiger partial charge in [-0.1, -0.05) is 0 Å². The van der Waals surface area contributed by atoms with Crippen molar-refractivity contribution >= 4 is 0 Å². The Morgan fingerprint density at radius 3 is 1.80 bits per heavy atom. The Hall–Kier alpha value is -0.990. The molecule has 0 saturated heterocycles. The average molecular weight is 146 g/mol. The first-order valence-corrected chi connectivity index (χ1v) is 2.72. The monoisotopic (exact) mass is 146 g/mol. The molecule has 0 aromatic heterocycles. The fourth-order valence-corrected chi connectivity index (χ4v) is 0.614. The van der Waals surface area contributed by atoms with E-state index < -0.39 is 17.5 Å². The zero-order valence-corrected chi connectivity index (χ0v) is 5.29. The van der Waals surface area contributed by atoms with Crippen molar-refractivity contribution in [3.63, 3.8) is 0 Å². The van der Waals surface area contributed by atoms with Gasteiger partial charge < -0.3 is 0 Å².